The molecule has 2 atom stereocenters. The molecule has 5 rings (SSSR count). The summed E-state index contributed by atoms with van der Waals surface area (Å²) in [6.45, 7) is 16.0. The van der Waals surface area contributed by atoms with E-state index in [1.54, 1.807) is 42.3 Å². The van der Waals surface area contributed by atoms with E-state index in [4.69, 9.17) is 16.6 Å². The van der Waals surface area contributed by atoms with Crippen LogP contribution in [0.3, 0.4) is 0 Å². The number of anilines is 1. The fourth-order valence-corrected chi connectivity index (χ4v) is 5.93. The van der Waals surface area contributed by atoms with Crippen LogP contribution in [0.1, 0.15) is 50.4 Å². The van der Waals surface area contributed by atoms with Crippen molar-refractivity contribution >= 4 is 34.4 Å². The highest BCUT2D eigenvalue weighted by molar-refractivity contribution is 6.33. The van der Waals surface area contributed by atoms with Crippen LogP contribution >= 0.6 is 11.6 Å². The van der Waals surface area contributed by atoms with E-state index < -0.39 is 11.5 Å². The quantitative estimate of drug-likeness (QED) is 0.266. The predicted molar refractivity (Wildman–Crippen MR) is 165 cm³/mol. The van der Waals surface area contributed by atoms with E-state index in [1.165, 1.54) is 10.6 Å². The Hall–Kier alpha value is -4.11. The first-order valence-corrected chi connectivity index (χ1v) is 14.4. The van der Waals surface area contributed by atoms with Crippen LogP contribution in [0, 0.1) is 19.7 Å². The van der Waals surface area contributed by atoms with Gasteiger partial charge in [-0.3, -0.25) is 9.78 Å². The molecule has 1 aromatic carbocycles. The van der Waals surface area contributed by atoms with Gasteiger partial charge in [0.2, 0.25) is 5.91 Å². The molecule has 0 aliphatic carbocycles. The van der Waals surface area contributed by atoms with Crippen molar-refractivity contribution in [3.8, 4) is 16.9 Å². The van der Waals surface area contributed by atoms with Crippen LogP contribution in [0.5, 0.6) is 0 Å². The van der Waals surface area contributed by atoms with Crippen LogP contribution in [-0.2, 0) is 4.79 Å². The Kier molecular flexibility index (Phi) is 7.90. The van der Waals surface area contributed by atoms with Crippen LogP contribution in [0.15, 0.2) is 54.0 Å². The fraction of sp³-hybridized carbons (Fsp3) is 0.344. The van der Waals surface area contributed by atoms with E-state index in [9.17, 15) is 9.59 Å². The van der Waals surface area contributed by atoms with Crippen LogP contribution in [0.4, 0.5) is 10.2 Å². The molecule has 4 aromatic rings. The lowest BCUT2D eigenvalue weighted by molar-refractivity contribution is -0.128. The first-order chi connectivity index (χ1) is 19.9. The van der Waals surface area contributed by atoms with Crippen molar-refractivity contribution in [3.63, 3.8) is 0 Å². The number of carbonyl (C=O) groups is 1. The van der Waals surface area contributed by atoms with Crippen molar-refractivity contribution in [1.29, 1.82) is 0 Å². The van der Waals surface area contributed by atoms with Crippen LogP contribution in [0.25, 0.3) is 28.0 Å². The summed E-state index contributed by atoms with van der Waals surface area (Å²) < 4.78 is 16.8. The van der Waals surface area contributed by atoms with Gasteiger partial charge in [0, 0.05) is 36.9 Å². The lowest BCUT2D eigenvalue weighted by Gasteiger charge is -2.44. The van der Waals surface area contributed by atoms with Gasteiger partial charge in [0.05, 0.1) is 27.5 Å². The largest absolute Gasteiger partial charge is 0.355 e. The number of hydrogen-bond donors (Lipinski definition) is 0. The van der Waals surface area contributed by atoms with E-state index in [1.807, 2.05) is 45.6 Å². The molecule has 1 fully saturated rings. The van der Waals surface area contributed by atoms with Gasteiger partial charge < -0.3 is 9.80 Å². The highest BCUT2D eigenvalue weighted by Crippen LogP contribution is 2.37. The van der Waals surface area contributed by atoms with E-state index in [2.05, 4.69) is 16.5 Å². The number of rotatable bonds is 5. The third kappa shape index (κ3) is 4.96. The summed E-state index contributed by atoms with van der Waals surface area (Å²) in [5.41, 5.74) is 2.82. The second-order valence-corrected chi connectivity index (χ2v) is 11.6. The second kappa shape index (κ2) is 11.3. The van der Waals surface area contributed by atoms with Crippen LogP contribution < -0.4 is 10.6 Å². The first-order valence-electron chi connectivity index (χ1n) is 14.0. The standard InChI is InChI=1S/C32H34ClFN6O2/c1-8-25(41)38-15-21(7)39(16-20(38)6)30-23-14-24(33)28(22-11-9-10-18(4)26(22)34)36-31(23)40(32(42)37-30)29-19(5)12-13-35-27(29)17(2)3/h8-14,17,20-21H,1,15-16H2,2-7H3/t20-,21+/m1/s1. The molecular formula is C32H34ClFN6O2. The fourth-order valence-electron chi connectivity index (χ4n) is 5.68. The maximum Gasteiger partial charge on any atom is 0.355 e. The first kappa shape index (κ1) is 29.4. The zero-order chi connectivity index (χ0) is 30.5. The second-order valence-electron chi connectivity index (χ2n) is 11.2. The van der Waals surface area contributed by atoms with Crippen molar-refractivity contribution in [1.82, 2.24) is 24.4 Å². The highest BCUT2D eigenvalue weighted by Gasteiger charge is 2.34. The number of pyridine rings is 2. The predicted octanol–water partition coefficient (Wildman–Crippen LogP) is 5.99. The van der Waals surface area contributed by atoms with Gasteiger partial charge in [-0.05, 0) is 69.0 Å². The summed E-state index contributed by atoms with van der Waals surface area (Å²) >= 11 is 6.83. The van der Waals surface area contributed by atoms with Crippen molar-refractivity contribution in [2.75, 3.05) is 18.0 Å². The minimum atomic E-state index is -0.537. The van der Waals surface area contributed by atoms with Crippen molar-refractivity contribution in [3.05, 3.63) is 87.3 Å². The number of carbonyl (C=O) groups excluding carboxylic acids is 1. The Morgan fingerprint density at radius 1 is 1.12 bits per heavy atom. The normalized spacial score (nSPS) is 17.3. The van der Waals surface area contributed by atoms with Crippen LogP contribution in [0.2, 0.25) is 5.02 Å². The molecule has 0 radical (unpaired) electrons. The summed E-state index contributed by atoms with van der Waals surface area (Å²) in [5, 5.41) is 0.769. The number of aryl methyl sites for hydroxylation is 2. The maximum atomic E-state index is 15.4. The SMILES string of the molecule is C=CC(=O)N1C[C@H](C)N(c2nc(=O)n(-c3c(C)ccnc3C(C)C)c3nc(-c4cccc(C)c4F)c(Cl)cc23)C[C@H]1C. The number of fused-ring (bicyclic) bond motifs is 1. The smallest absolute Gasteiger partial charge is 0.349 e. The number of piperazine rings is 1. The summed E-state index contributed by atoms with van der Waals surface area (Å²) in [4.78, 5) is 44.4. The monoisotopic (exact) mass is 588 g/mol. The van der Waals surface area contributed by atoms with Gasteiger partial charge in [-0.25, -0.2) is 18.7 Å². The Bertz CT molecular complexity index is 1790. The van der Waals surface area contributed by atoms with Crippen molar-refractivity contribution in [2.24, 2.45) is 0 Å². The molecule has 10 heteroatoms. The van der Waals surface area contributed by atoms with Crippen LogP contribution in [-0.4, -0.2) is 55.5 Å². The summed E-state index contributed by atoms with van der Waals surface area (Å²) in [6, 6.07) is 8.26. The molecule has 8 nitrogen and oxygen atoms in total. The molecule has 0 saturated carbocycles. The molecule has 1 aliphatic heterocycles. The lowest BCUT2D eigenvalue weighted by atomic mass is 10.0. The van der Waals surface area contributed by atoms with Gasteiger partial charge >= 0.3 is 5.69 Å². The summed E-state index contributed by atoms with van der Waals surface area (Å²) in [6.07, 6.45) is 3.03. The van der Waals surface area contributed by atoms with Gasteiger partial charge in [0.25, 0.3) is 0 Å². The minimum Gasteiger partial charge on any atom is -0.349 e. The number of nitrogens with zero attached hydrogens (tertiary/aromatic N) is 6. The molecule has 42 heavy (non-hydrogen) atoms. The van der Waals surface area contributed by atoms with E-state index >= 15 is 4.39 Å². The lowest BCUT2D eigenvalue weighted by Crippen LogP contribution is -2.58. The molecule has 4 heterocycles. The molecule has 3 aromatic heterocycles. The molecule has 0 bridgehead atoms. The molecule has 0 spiro atoms. The zero-order valence-corrected chi connectivity index (χ0v) is 25.4. The third-order valence-electron chi connectivity index (χ3n) is 7.89. The average Bonchev–Trinajstić information content (AvgIpc) is 2.95. The minimum absolute atomic E-state index is 0.00105. The van der Waals surface area contributed by atoms with Gasteiger partial charge in [-0.15, -0.1) is 0 Å². The number of benzene rings is 1. The molecule has 1 amide bonds. The Balaban J connectivity index is 1.84. The maximum absolute atomic E-state index is 15.4. The number of amides is 1. The molecule has 0 N–H and O–H groups in total. The van der Waals surface area contributed by atoms with Crippen molar-refractivity contribution in [2.45, 2.75) is 59.5 Å². The molecule has 1 aliphatic rings. The number of halogens is 2. The summed E-state index contributed by atoms with van der Waals surface area (Å²) in [5.74, 6) is -0.168. The molecule has 1 saturated heterocycles. The Morgan fingerprint density at radius 3 is 2.55 bits per heavy atom. The molecular weight excluding hydrogens is 555 g/mol. The van der Waals surface area contributed by atoms with E-state index in [-0.39, 0.29) is 40.2 Å². The number of aromatic nitrogens is 4. The third-order valence-corrected chi connectivity index (χ3v) is 8.18. The Labute approximate surface area is 249 Å². The van der Waals surface area contributed by atoms with Gasteiger partial charge in [0.15, 0.2) is 5.65 Å². The Morgan fingerprint density at radius 2 is 1.86 bits per heavy atom. The average molecular weight is 589 g/mol. The van der Waals surface area contributed by atoms with Crippen molar-refractivity contribution < 1.29 is 9.18 Å². The highest BCUT2D eigenvalue weighted by atomic mass is 35.5. The van der Waals surface area contributed by atoms with E-state index in [0.717, 1.165) is 5.56 Å². The zero-order valence-electron chi connectivity index (χ0n) is 24.7. The van der Waals surface area contributed by atoms with Gasteiger partial charge in [-0.2, -0.15) is 4.98 Å². The molecule has 218 valence electrons. The molecule has 0 unspecified atom stereocenters. The van der Waals surface area contributed by atoms with Gasteiger partial charge in [-0.1, -0.05) is 44.2 Å². The van der Waals surface area contributed by atoms with Gasteiger partial charge in [0.1, 0.15) is 11.6 Å². The topological polar surface area (TPSA) is 84.2 Å². The summed E-state index contributed by atoms with van der Waals surface area (Å²) in [7, 11) is 0. The number of hydrogen-bond acceptors (Lipinski definition) is 6. The van der Waals surface area contributed by atoms with E-state index in [0.29, 0.717) is 46.9 Å².